The molecule has 0 amide bonds. The van der Waals surface area contributed by atoms with Gasteiger partial charge in [-0.2, -0.15) is 0 Å². The van der Waals surface area contributed by atoms with Gasteiger partial charge in [0.2, 0.25) is 0 Å². The van der Waals surface area contributed by atoms with Crippen LogP contribution in [0.2, 0.25) is 0 Å². The molecule has 0 bridgehead atoms. The van der Waals surface area contributed by atoms with E-state index in [-0.39, 0.29) is 72.8 Å². The van der Waals surface area contributed by atoms with Gasteiger partial charge in [0.05, 0.1) is 10.6 Å². The molecule has 0 saturated heterocycles. The molecule has 0 radical (unpaired) electrons. The predicted molar refractivity (Wildman–Crippen MR) is 65.1 cm³/mol. The molecule has 1 aromatic rings. The van der Waals surface area contributed by atoms with Crippen LogP contribution in [0.1, 0.15) is 0 Å². The van der Waals surface area contributed by atoms with Crippen molar-refractivity contribution in [3.63, 3.8) is 0 Å². The molecule has 0 saturated carbocycles. The third kappa shape index (κ3) is 6.87. The summed E-state index contributed by atoms with van der Waals surface area (Å²) in [5, 5.41) is 0. The maximum atomic E-state index is 11.7. The van der Waals surface area contributed by atoms with Crippen molar-refractivity contribution in [3.8, 4) is 0 Å². The second-order valence-corrected chi connectivity index (χ2v) is 8.62. The molecule has 10 heteroatoms. The smallest absolute Gasteiger partial charge is 0.739 e. The maximum Gasteiger partial charge on any atom is 1.00 e. The molecular formula is C8H10KNO5S3. The van der Waals surface area contributed by atoms with Gasteiger partial charge in [0.25, 0.3) is 0 Å². The third-order valence-electron chi connectivity index (χ3n) is 1.82. The van der Waals surface area contributed by atoms with Crippen LogP contribution in [0, 0.1) is 0 Å². The fraction of sp³-hybridized carbons (Fsp3) is 0.250. The van der Waals surface area contributed by atoms with E-state index in [4.69, 9.17) is 5.73 Å². The van der Waals surface area contributed by atoms with E-state index in [1.54, 1.807) is 0 Å². The monoisotopic (exact) mass is 335 g/mol. The van der Waals surface area contributed by atoms with Crippen molar-refractivity contribution in [2.45, 2.75) is 4.90 Å². The third-order valence-corrected chi connectivity index (χ3v) is 5.83. The molecule has 0 unspecified atom stereocenters. The standard InChI is InChI=1S/C8H11NO5S3.K/c9-7-1-3-8(4-2-7)16(10,11)6-5-15-17(12,13)14;/h1-4H,5-6,9H2,(H,12,13,14);/q;+1/p-1. The first-order valence-corrected chi connectivity index (χ1v) is 8.95. The molecule has 0 aliphatic heterocycles. The normalized spacial score (nSPS) is 11.8. The van der Waals surface area contributed by atoms with Crippen LogP contribution in [0.3, 0.4) is 0 Å². The van der Waals surface area contributed by atoms with Crippen molar-refractivity contribution >= 4 is 35.5 Å². The van der Waals surface area contributed by atoms with Gasteiger partial charge in [-0.3, -0.25) is 0 Å². The van der Waals surface area contributed by atoms with E-state index in [0.29, 0.717) is 5.69 Å². The number of sulfone groups is 1. The Bertz CT molecular complexity index is 582. The van der Waals surface area contributed by atoms with E-state index in [0.717, 1.165) is 0 Å². The number of nitrogens with two attached hydrogens (primary N) is 1. The molecule has 0 atom stereocenters. The van der Waals surface area contributed by atoms with Gasteiger partial charge in [-0.05, 0) is 35.1 Å². The molecule has 1 aromatic carbocycles. The van der Waals surface area contributed by atoms with E-state index >= 15 is 0 Å². The molecular weight excluding hydrogens is 325 g/mol. The fourth-order valence-electron chi connectivity index (χ4n) is 1.04. The van der Waals surface area contributed by atoms with Crippen molar-refractivity contribution in [1.29, 1.82) is 0 Å². The summed E-state index contributed by atoms with van der Waals surface area (Å²) in [6.07, 6.45) is 0. The number of hydrogen-bond donors (Lipinski definition) is 1. The van der Waals surface area contributed by atoms with Crippen LogP contribution < -0.4 is 57.1 Å². The average molecular weight is 335 g/mol. The minimum absolute atomic E-state index is 0. The summed E-state index contributed by atoms with van der Waals surface area (Å²) >= 11 is 0. The topological polar surface area (TPSA) is 117 Å². The van der Waals surface area contributed by atoms with Crippen molar-refractivity contribution in [2.24, 2.45) is 0 Å². The zero-order valence-corrected chi connectivity index (χ0v) is 15.1. The largest absolute Gasteiger partial charge is 1.00 e. The summed E-state index contributed by atoms with van der Waals surface area (Å²) in [6, 6.07) is 5.54. The van der Waals surface area contributed by atoms with Crippen LogP contribution in [-0.4, -0.2) is 32.9 Å². The molecule has 0 spiro atoms. The van der Waals surface area contributed by atoms with Gasteiger partial charge in [0, 0.05) is 11.4 Å². The Kier molecular flexibility index (Phi) is 7.96. The molecule has 0 heterocycles. The Labute approximate surface area is 152 Å². The summed E-state index contributed by atoms with van der Waals surface area (Å²) in [5.74, 6) is -0.707. The van der Waals surface area contributed by atoms with E-state index in [1.165, 1.54) is 24.3 Å². The molecule has 6 nitrogen and oxygen atoms in total. The minimum atomic E-state index is -4.45. The van der Waals surface area contributed by atoms with E-state index in [1.807, 2.05) is 0 Å². The summed E-state index contributed by atoms with van der Waals surface area (Å²) < 4.78 is 54.2. The van der Waals surface area contributed by atoms with Gasteiger partial charge in [-0.25, -0.2) is 16.8 Å². The summed E-state index contributed by atoms with van der Waals surface area (Å²) in [7, 11) is -7.96. The molecule has 1 rings (SSSR count). The van der Waals surface area contributed by atoms with E-state index < -0.39 is 24.7 Å². The van der Waals surface area contributed by atoms with Crippen LogP contribution in [0.25, 0.3) is 0 Å². The van der Waals surface area contributed by atoms with Gasteiger partial charge >= 0.3 is 51.4 Å². The first-order chi connectivity index (χ1) is 7.71. The zero-order chi connectivity index (χ0) is 13.1. The molecule has 96 valence electrons. The Morgan fingerprint density at radius 1 is 1.11 bits per heavy atom. The predicted octanol–water partition coefficient (Wildman–Crippen LogP) is -2.76. The number of hydrogen-bond acceptors (Lipinski definition) is 7. The van der Waals surface area contributed by atoms with E-state index in [9.17, 15) is 21.4 Å². The van der Waals surface area contributed by atoms with Gasteiger partial charge in [-0.15, -0.1) is 0 Å². The summed E-state index contributed by atoms with van der Waals surface area (Å²) in [6.45, 7) is 0. The quantitative estimate of drug-likeness (QED) is 0.268. The number of anilines is 1. The molecule has 0 aliphatic carbocycles. The van der Waals surface area contributed by atoms with Crippen LogP contribution in [0.15, 0.2) is 29.2 Å². The molecule has 0 fully saturated rings. The molecule has 2 N–H and O–H groups in total. The van der Waals surface area contributed by atoms with Crippen LogP contribution in [0.5, 0.6) is 0 Å². The summed E-state index contributed by atoms with van der Waals surface area (Å²) in [5.41, 5.74) is 5.84. The minimum Gasteiger partial charge on any atom is -0.739 e. The zero-order valence-electron chi connectivity index (χ0n) is 9.57. The fourth-order valence-corrected chi connectivity index (χ4v) is 4.40. The van der Waals surface area contributed by atoms with Crippen LogP contribution >= 0.6 is 10.8 Å². The second-order valence-electron chi connectivity index (χ2n) is 3.12. The van der Waals surface area contributed by atoms with Gasteiger partial charge < -0.3 is 10.3 Å². The summed E-state index contributed by atoms with van der Waals surface area (Å²) in [4.78, 5) is 0.0515. The van der Waals surface area contributed by atoms with Crippen LogP contribution in [-0.2, 0) is 19.0 Å². The number of benzene rings is 1. The van der Waals surface area contributed by atoms with Gasteiger partial charge in [0.1, 0.15) is 9.15 Å². The number of nitrogen functional groups attached to an aromatic ring is 1. The van der Waals surface area contributed by atoms with Crippen LogP contribution in [0.4, 0.5) is 5.69 Å². The molecule has 0 aromatic heterocycles. The number of rotatable bonds is 5. The van der Waals surface area contributed by atoms with E-state index in [2.05, 4.69) is 0 Å². The second kappa shape index (κ2) is 7.60. The Balaban J connectivity index is 0.00000289. The Hall–Kier alpha value is 0.866. The molecule has 18 heavy (non-hydrogen) atoms. The van der Waals surface area contributed by atoms with Gasteiger partial charge in [0.15, 0.2) is 9.84 Å². The van der Waals surface area contributed by atoms with Crippen molar-refractivity contribution in [1.82, 2.24) is 0 Å². The molecule has 0 aliphatic rings. The first-order valence-electron chi connectivity index (χ1n) is 4.39. The Morgan fingerprint density at radius 3 is 2.06 bits per heavy atom. The van der Waals surface area contributed by atoms with Crippen molar-refractivity contribution in [3.05, 3.63) is 24.3 Å². The van der Waals surface area contributed by atoms with Crippen molar-refractivity contribution < 1.29 is 72.8 Å². The first kappa shape index (κ1) is 18.9. The maximum absolute atomic E-state index is 11.7. The Morgan fingerprint density at radius 2 is 1.61 bits per heavy atom. The van der Waals surface area contributed by atoms with Gasteiger partial charge in [-0.1, -0.05) is 0 Å². The average Bonchev–Trinajstić information content (AvgIpc) is 2.15. The van der Waals surface area contributed by atoms with Crippen molar-refractivity contribution in [2.75, 3.05) is 17.2 Å². The SMILES string of the molecule is Nc1ccc(S(=O)(=O)CCSS(=O)(=O)[O-])cc1.[K+].